The molecule has 0 atom stereocenters. The minimum absolute atomic E-state index is 0.715. The van der Waals surface area contributed by atoms with Gasteiger partial charge in [0.1, 0.15) is 0 Å². The number of hydrogen-bond donors (Lipinski definition) is 2. The van der Waals surface area contributed by atoms with Crippen LogP contribution in [0.15, 0.2) is 30.3 Å². The zero-order chi connectivity index (χ0) is 10.2. The number of rotatable bonds is 5. The Bertz CT molecular complexity index is 292. The van der Waals surface area contributed by atoms with Crippen LogP contribution in [0.1, 0.15) is 17.5 Å². The van der Waals surface area contributed by atoms with Crippen molar-refractivity contribution in [3.8, 4) is 0 Å². The normalized spacial score (nSPS) is 11.0. The van der Waals surface area contributed by atoms with E-state index in [0.717, 1.165) is 13.0 Å². The molecule has 0 amide bonds. The van der Waals surface area contributed by atoms with Gasteiger partial charge in [-0.25, -0.2) is 0 Å². The van der Waals surface area contributed by atoms with Crippen molar-refractivity contribution in [2.75, 3.05) is 13.6 Å². The van der Waals surface area contributed by atoms with Crippen molar-refractivity contribution in [2.24, 2.45) is 5.73 Å². The highest BCUT2D eigenvalue weighted by atomic mass is 14.8. The van der Waals surface area contributed by atoms with Crippen molar-refractivity contribution < 1.29 is 0 Å². The molecule has 0 aliphatic heterocycles. The summed E-state index contributed by atoms with van der Waals surface area (Å²) in [4.78, 5) is 0. The molecule has 0 spiro atoms. The molecule has 0 radical (unpaired) electrons. The van der Waals surface area contributed by atoms with E-state index in [1.807, 2.05) is 7.05 Å². The topological polar surface area (TPSA) is 38.0 Å². The summed E-state index contributed by atoms with van der Waals surface area (Å²) in [7, 11) is 1.96. The number of benzene rings is 1. The maximum Gasteiger partial charge on any atom is 0.0202 e. The first-order chi connectivity index (χ1) is 6.86. The molecule has 1 rings (SSSR count). The molecule has 0 aromatic heterocycles. The van der Waals surface area contributed by atoms with E-state index in [1.54, 1.807) is 0 Å². The van der Waals surface area contributed by atoms with Crippen molar-refractivity contribution in [2.45, 2.75) is 13.0 Å². The third kappa shape index (κ3) is 3.73. The van der Waals surface area contributed by atoms with E-state index >= 15 is 0 Å². The Kier molecular flexibility index (Phi) is 4.97. The van der Waals surface area contributed by atoms with Crippen LogP contribution in [0.25, 0.3) is 6.08 Å². The van der Waals surface area contributed by atoms with E-state index in [0.29, 0.717) is 6.54 Å². The van der Waals surface area contributed by atoms with Gasteiger partial charge in [-0.1, -0.05) is 36.4 Å². The minimum Gasteiger partial charge on any atom is -0.330 e. The predicted octanol–water partition coefficient (Wildman–Crippen LogP) is 1.77. The van der Waals surface area contributed by atoms with Gasteiger partial charge in [-0.15, -0.1) is 0 Å². The lowest BCUT2D eigenvalue weighted by atomic mass is 10.1. The molecule has 0 unspecified atom stereocenters. The van der Waals surface area contributed by atoms with Crippen molar-refractivity contribution in [1.29, 1.82) is 0 Å². The Hall–Kier alpha value is -1.12. The fourth-order valence-electron chi connectivity index (χ4n) is 1.33. The van der Waals surface area contributed by atoms with Gasteiger partial charge in [0, 0.05) is 6.54 Å². The molecule has 0 fully saturated rings. The van der Waals surface area contributed by atoms with E-state index in [4.69, 9.17) is 5.73 Å². The third-order valence-electron chi connectivity index (χ3n) is 1.98. The lowest BCUT2D eigenvalue weighted by Gasteiger charge is -2.00. The Morgan fingerprint density at radius 3 is 3.00 bits per heavy atom. The summed E-state index contributed by atoms with van der Waals surface area (Å²) in [5.74, 6) is 0. The average molecular weight is 190 g/mol. The van der Waals surface area contributed by atoms with E-state index in [2.05, 4.69) is 41.7 Å². The van der Waals surface area contributed by atoms with E-state index < -0.39 is 0 Å². The minimum atomic E-state index is 0.715. The van der Waals surface area contributed by atoms with Gasteiger partial charge in [-0.2, -0.15) is 0 Å². The molecule has 0 bridgehead atoms. The maximum atomic E-state index is 5.41. The van der Waals surface area contributed by atoms with Crippen LogP contribution in [-0.4, -0.2) is 13.6 Å². The summed E-state index contributed by atoms with van der Waals surface area (Å²) < 4.78 is 0. The van der Waals surface area contributed by atoms with Crippen molar-refractivity contribution in [3.05, 3.63) is 41.5 Å². The lowest BCUT2D eigenvalue weighted by Crippen LogP contribution is -2.04. The van der Waals surface area contributed by atoms with Crippen LogP contribution in [0.4, 0.5) is 0 Å². The van der Waals surface area contributed by atoms with Crippen LogP contribution in [0, 0.1) is 0 Å². The first-order valence-electron chi connectivity index (χ1n) is 4.97. The fourth-order valence-corrected chi connectivity index (χ4v) is 1.33. The van der Waals surface area contributed by atoms with Crippen molar-refractivity contribution in [1.82, 2.24) is 5.32 Å². The molecule has 0 aliphatic rings. The molecule has 0 saturated heterocycles. The molecule has 1 aromatic carbocycles. The second kappa shape index (κ2) is 6.35. The van der Waals surface area contributed by atoms with Crippen LogP contribution in [-0.2, 0) is 6.54 Å². The zero-order valence-electron chi connectivity index (χ0n) is 8.66. The predicted molar refractivity (Wildman–Crippen MR) is 61.9 cm³/mol. The standard InChI is InChI=1S/C12H18N2/c1-14-10-12-7-4-6-11(9-12)5-2-3-8-13/h2,4-7,9,14H,3,8,10,13H2,1H3. The van der Waals surface area contributed by atoms with Crippen LogP contribution in [0.5, 0.6) is 0 Å². The summed E-state index contributed by atoms with van der Waals surface area (Å²) in [6.07, 6.45) is 5.17. The summed E-state index contributed by atoms with van der Waals surface area (Å²) in [5, 5.41) is 3.13. The summed E-state index contributed by atoms with van der Waals surface area (Å²) in [5.41, 5.74) is 7.96. The highest BCUT2D eigenvalue weighted by molar-refractivity contribution is 5.50. The summed E-state index contributed by atoms with van der Waals surface area (Å²) >= 11 is 0. The maximum absolute atomic E-state index is 5.41. The van der Waals surface area contributed by atoms with Crippen LogP contribution in [0.2, 0.25) is 0 Å². The van der Waals surface area contributed by atoms with Gasteiger partial charge in [0.05, 0.1) is 0 Å². The highest BCUT2D eigenvalue weighted by Gasteiger charge is 1.91. The monoisotopic (exact) mass is 190 g/mol. The number of nitrogens with two attached hydrogens (primary N) is 1. The Morgan fingerprint density at radius 2 is 2.29 bits per heavy atom. The quantitative estimate of drug-likeness (QED) is 0.742. The molecule has 1 aromatic rings. The van der Waals surface area contributed by atoms with Crippen molar-refractivity contribution >= 4 is 6.08 Å². The summed E-state index contributed by atoms with van der Waals surface area (Å²) in [6.45, 7) is 1.63. The van der Waals surface area contributed by atoms with Gasteiger partial charge >= 0.3 is 0 Å². The van der Waals surface area contributed by atoms with Gasteiger partial charge in [0.15, 0.2) is 0 Å². The van der Waals surface area contributed by atoms with Gasteiger partial charge in [-0.05, 0) is 31.1 Å². The van der Waals surface area contributed by atoms with E-state index in [1.165, 1.54) is 11.1 Å². The molecule has 0 saturated carbocycles. The van der Waals surface area contributed by atoms with E-state index in [-0.39, 0.29) is 0 Å². The molecule has 3 N–H and O–H groups in total. The third-order valence-corrected chi connectivity index (χ3v) is 1.98. The molecule has 0 aliphatic carbocycles. The van der Waals surface area contributed by atoms with Gasteiger partial charge in [-0.3, -0.25) is 0 Å². The van der Waals surface area contributed by atoms with Crippen LogP contribution in [0.3, 0.4) is 0 Å². The van der Waals surface area contributed by atoms with E-state index in [9.17, 15) is 0 Å². The zero-order valence-corrected chi connectivity index (χ0v) is 8.66. The van der Waals surface area contributed by atoms with Gasteiger partial charge < -0.3 is 11.1 Å². The summed E-state index contributed by atoms with van der Waals surface area (Å²) in [6, 6.07) is 8.49. The molecular weight excluding hydrogens is 172 g/mol. The molecular formula is C12H18N2. The van der Waals surface area contributed by atoms with Crippen molar-refractivity contribution in [3.63, 3.8) is 0 Å². The first-order valence-corrected chi connectivity index (χ1v) is 4.97. The SMILES string of the molecule is CNCc1cccc(C=CCCN)c1. The molecule has 2 heteroatoms. The Labute approximate surface area is 85.8 Å². The Balaban J connectivity index is 2.63. The second-order valence-corrected chi connectivity index (χ2v) is 3.26. The van der Waals surface area contributed by atoms with Crippen LogP contribution >= 0.6 is 0 Å². The molecule has 2 nitrogen and oxygen atoms in total. The second-order valence-electron chi connectivity index (χ2n) is 3.26. The number of hydrogen-bond acceptors (Lipinski definition) is 2. The smallest absolute Gasteiger partial charge is 0.0202 e. The number of nitrogens with one attached hydrogen (secondary N) is 1. The van der Waals surface area contributed by atoms with Gasteiger partial charge in [0.25, 0.3) is 0 Å². The molecule has 0 heterocycles. The Morgan fingerprint density at radius 1 is 1.43 bits per heavy atom. The van der Waals surface area contributed by atoms with Gasteiger partial charge in [0.2, 0.25) is 0 Å². The first kappa shape index (κ1) is 11.0. The molecule has 14 heavy (non-hydrogen) atoms. The highest BCUT2D eigenvalue weighted by Crippen LogP contribution is 2.07. The largest absolute Gasteiger partial charge is 0.330 e. The van der Waals surface area contributed by atoms with Crippen LogP contribution < -0.4 is 11.1 Å². The lowest BCUT2D eigenvalue weighted by molar-refractivity contribution is 0.818. The average Bonchev–Trinajstić information content (AvgIpc) is 2.19. The fraction of sp³-hybridized carbons (Fsp3) is 0.333. The molecule has 76 valence electrons.